The molecule has 100 valence electrons. The van der Waals surface area contributed by atoms with Gasteiger partial charge >= 0.3 is 5.97 Å². The fourth-order valence-electron chi connectivity index (χ4n) is 1.88. The Morgan fingerprint density at radius 1 is 1.11 bits per heavy atom. The molecule has 0 aliphatic heterocycles. The number of hydrogen-bond donors (Lipinski definition) is 2. The number of benzene rings is 1. The molecule has 1 unspecified atom stereocenters. The van der Waals surface area contributed by atoms with Crippen molar-refractivity contribution in [1.29, 1.82) is 0 Å². The monoisotopic (exact) mass is 249 g/mol. The molecule has 0 saturated heterocycles. The van der Waals surface area contributed by atoms with Crippen LogP contribution in [0.4, 0.5) is 0 Å². The first kappa shape index (κ1) is 14.7. The molecule has 0 aliphatic carbocycles. The summed E-state index contributed by atoms with van der Waals surface area (Å²) in [5.74, 6) is -0.798. The maximum absolute atomic E-state index is 11.5. The van der Waals surface area contributed by atoms with Gasteiger partial charge in [0.15, 0.2) is 0 Å². The van der Waals surface area contributed by atoms with Crippen LogP contribution in [0.15, 0.2) is 30.3 Å². The standard InChI is InChI=1S/C15H23NO2/c1-14(2,3)16-12(15(4,5)13(17)18)11-9-7-6-8-10-11/h6-10,12,16H,1-5H3,(H,17,18). The molecule has 1 aromatic rings. The van der Waals surface area contributed by atoms with E-state index in [2.05, 4.69) is 5.32 Å². The Morgan fingerprint density at radius 3 is 2.00 bits per heavy atom. The number of carboxylic acid groups (broad SMARTS) is 1. The molecule has 0 aliphatic rings. The number of carboxylic acids is 1. The Hall–Kier alpha value is -1.35. The van der Waals surface area contributed by atoms with Crippen LogP contribution < -0.4 is 5.32 Å². The maximum Gasteiger partial charge on any atom is 0.311 e. The van der Waals surface area contributed by atoms with E-state index in [1.165, 1.54) is 0 Å². The third kappa shape index (κ3) is 3.57. The van der Waals surface area contributed by atoms with Gasteiger partial charge in [0, 0.05) is 11.6 Å². The van der Waals surface area contributed by atoms with Gasteiger partial charge in [-0.05, 0) is 40.2 Å². The molecule has 2 N–H and O–H groups in total. The summed E-state index contributed by atoms with van der Waals surface area (Å²) in [5, 5.41) is 12.8. The summed E-state index contributed by atoms with van der Waals surface area (Å²) >= 11 is 0. The quantitative estimate of drug-likeness (QED) is 0.861. The molecular weight excluding hydrogens is 226 g/mol. The van der Waals surface area contributed by atoms with Crippen LogP contribution in [0.2, 0.25) is 0 Å². The van der Waals surface area contributed by atoms with Crippen LogP contribution >= 0.6 is 0 Å². The van der Waals surface area contributed by atoms with Gasteiger partial charge in [-0.3, -0.25) is 4.79 Å². The zero-order valence-corrected chi connectivity index (χ0v) is 11.8. The van der Waals surface area contributed by atoms with Crippen LogP contribution in [0.25, 0.3) is 0 Å². The molecule has 1 rings (SSSR count). The molecule has 0 aromatic heterocycles. The van der Waals surface area contributed by atoms with E-state index in [0.29, 0.717) is 0 Å². The van der Waals surface area contributed by atoms with Gasteiger partial charge in [-0.1, -0.05) is 30.3 Å². The second kappa shape index (κ2) is 5.11. The lowest BCUT2D eigenvalue weighted by atomic mass is 9.79. The Balaban J connectivity index is 3.15. The summed E-state index contributed by atoms with van der Waals surface area (Å²) in [7, 11) is 0. The minimum atomic E-state index is -0.866. The summed E-state index contributed by atoms with van der Waals surface area (Å²) < 4.78 is 0. The van der Waals surface area contributed by atoms with E-state index in [1.54, 1.807) is 13.8 Å². The van der Waals surface area contributed by atoms with E-state index in [0.717, 1.165) is 5.56 Å². The first-order chi connectivity index (χ1) is 8.14. The van der Waals surface area contributed by atoms with Crippen molar-refractivity contribution in [3.63, 3.8) is 0 Å². The molecule has 0 amide bonds. The lowest BCUT2D eigenvalue weighted by Crippen LogP contribution is -2.47. The van der Waals surface area contributed by atoms with Crippen molar-refractivity contribution < 1.29 is 9.90 Å². The second-order valence-electron chi connectivity index (χ2n) is 6.26. The molecule has 0 heterocycles. The van der Waals surface area contributed by atoms with E-state index in [4.69, 9.17) is 0 Å². The molecule has 1 atom stereocenters. The van der Waals surface area contributed by atoms with Gasteiger partial charge in [-0.2, -0.15) is 0 Å². The van der Waals surface area contributed by atoms with Crippen LogP contribution in [0.1, 0.15) is 46.2 Å². The zero-order valence-electron chi connectivity index (χ0n) is 11.8. The first-order valence-corrected chi connectivity index (χ1v) is 6.20. The van der Waals surface area contributed by atoms with Gasteiger partial charge in [-0.25, -0.2) is 0 Å². The van der Waals surface area contributed by atoms with Gasteiger partial charge in [0.1, 0.15) is 0 Å². The van der Waals surface area contributed by atoms with Crippen molar-refractivity contribution >= 4 is 5.97 Å². The third-order valence-corrected chi connectivity index (χ3v) is 2.98. The fourth-order valence-corrected chi connectivity index (χ4v) is 1.88. The average Bonchev–Trinajstić information content (AvgIpc) is 2.25. The molecule has 1 aromatic carbocycles. The molecule has 3 heteroatoms. The maximum atomic E-state index is 11.5. The van der Waals surface area contributed by atoms with Crippen molar-refractivity contribution in [1.82, 2.24) is 5.32 Å². The summed E-state index contributed by atoms with van der Waals surface area (Å²) in [6, 6.07) is 9.51. The zero-order chi connectivity index (χ0) is 14.0. The van der Waals surface area contributed by atoms with Crippen molar-refractivity contribution in [3.05, 3.63) is 35.9 Å². The fraction of sp³-hybridized carbons (Fsp3) is 0.533. The van der Waals surface area contributed by atoms with Crippen LogP contribution in [0.5, 0.6) is 0 Å². The topological polar surface area (TPSA) is 49.3 Å². The highest BCUT2D eigenvalue weighted by Gasteiger charge is 2.39. The van der Waals surface area contributed by atoms with Gasteiger partial charge in [-0.15, -0.1) is 0 Å². The second-order valence-corrected chi connectivity index (χ2v) is 6.26. The number of hydrogen-bond acceptors (Lipinski definition) is 2. The smallest absolute Gasteiger partial charge is 0.311 e. The lowest BCUT2D eigenvalue weighted by Gasteiger charge is -2.37. The van der Waals surface area contributed by atoms with Crippen LogP contribution in [-0.4, -0.2) is 16.6 Å². The van der Waals surface area contributed by atoms with Crippen molar-refractivity contribution in [2.24, 2.45) is 5.41 Å². The highest BCUT2D eigenvalue weighted by atomic mass is 16.4. The summed E-state index contributed by atoms with van der Waals surface area (Å²) in [6.07, 6.45) is 0. The Morgan fingerprint density at radius 2 is 1.61 bits per heavy atom. The van der Waals surface area contributed by atoms with Gasteiger partial charge in [0.2, 0.25) is 0 Å². The number of aliphatic carboxylic acids is 1. The molecule has 0 bridgehead atoms. The molecule has 0 radical (unpaired) electrons. The largest absolute Gasteiger partial charge is 0.481 e. The third-order valence-electron chi connectivity index (χ3n) is 2.98. The normalized spacial score (nSPS) is 14.3. The SMILES string of the molecule is CC(C)(C)NC(c1ccccc1)C(C)(C)C(=O)O. The van der Waals surface area contributed by atoms with E-state index in [9.17, 15) is 9.90 Å². The highest BCUT2D eigenvalue weighted by Crippen LogP contribution is 2.35. The van der Waals surface area contributed by atoms with Crippen molar-refractivity contribution in [3.8, 4) is 0 Å². The van der Waals surface area contributed by atoms with Crippen LogP contribution in [0.3, 0.4) is 0 Å². The summed E-state index contributed by atoms with van der Waals surface area (Å²) in [5.41, 5.74) is -0.0122. The van der Waals surface area contributed by atoms with Gasteiger partial charge in [0.25, 0.3) is 0 Å². The molecule has 3 nitrogen and oxygen atoms in total. The predicted octanol–water partition coefficient (Wildman–Crippen LogP) is 3.23. The van der Waals surface area contributed by atoms with E-state index >= 15 is 0 Å². The molecule has 0 spiro atoms. The van der Waals surface area contributed by atoms with Crippen LogP contribution in [-0.2, 0) is 4.79 Å². The predicted molar refractivity (Wildman–Crippen MR) is 73.5 cm³/mol. The van der Waals surface area contributed by atoms with Gasteiger partial charge in [0.05, 0.1) is 5.41 Å². The van der Waals surface area contributed by atoms with Gasteiger partial charge < -0.3 is 10.4 Å². The van der Waals surface area contributed by atoms with E-state index < -0.39 is 11.4 Å². The number of carbonyl (C=O) groups is 1. The van der Waals surface area contributed by atoms with E-state index in [-0.39, 0.29) is 11.6 Å². The molecular formula is C15H23NO2. The van der Waals surface area contributed by atoms with E-state index in [1.807, 2.05) is 51.1 Å². The number of nitrogens with one attached hydrogen (secondary N) is 1. The van der Waals surface area contributed by atoms with Crippen LogP contribution in [0, 0.1) is 5.41 Å². The Kier molecular flexibility index (Phi) is 4.17. The average molecular weight is 249 g/mol. The minimum absolute atomic E-state index is 0.146. The van der Waals surface area contributed by atoms with Crippen molar-refractivity contribution in [2.75, 3.05) is 0 Å². The van der Waals surface area contributed by atoms with Crippen molar-refractivity contribution in [2.45, 2.75) is 46.2 Å². The molecule has 0 saturated carbocycles. The summed E-state index contributed by atoms with van der Waals surface area (Å²) in [6.45, 7) is 9.64. The summed E-state index contributed by atoms with van der Waals surface area (Å²) in [4.78, 5) is 11.5. The Bertz CT molecular complexity index is 404. The lowest BCUT2D eigenvalue weighted by molar-refractivity contribution is -0.149. The number of rotatable bonds is 4. The molecule has 0 fully saturated rings. The molecule has 18 heavy (non-hydrogen) atoms. The minimum Gasteiger partial charge on any atom is -0.481 e. The first-order valence-electron chi connectivity index (χ1n) is 6.20. The highest BCUT2D eigenvalue weighted by molar-refractivity contribution is 5.75. The Labute approximate surface area is 109 Å².